The van der Waals surface area contributed by atoms with Crippen molar-refractivity contribution in [2.75, 3.05) is 0 Å². The Kier molecular flexibility index (Phi) is 3.04. The topological polar surface area (TPSA) is 86.0 Å². The van der Waals surface area contributed by atoms with Gasteiger partial charge in [-0.2, -0.15) is 5.10 Å². The van der Waals surface area contributed by atoms with Crippen LogP contribution in [0.2, 0.25) is 0 Å². The van der Waals surface area contributed by atoms with Crippen LogP contribution in [0.5, 0.6) is 0 Å². The smallest absolute Gasteiger partial charge is 0.211 e. The van der Waals surface area contributed by atoms with Gasteiger partial charge in [-0.3, -0.25) is 0 Å². The molecule has 12 heavy (non-hydrogen) atoms. The molecule has 1 heterocycles. The molecule has 68 valence electrons. The van der Waals surface area contributed by atoms with E-state index in [0.29, 0.717) is 6.10 Å². The van der Waals surface area contributed by atoms with Gasteiger partial charge in [0, 0.05) is 0 Å². The minimum atomic E-state index is -0.0303. The lowest BCUT2D eigenvalue weighted by Crippen LogP contribution is -2.22. The maximum absolute atomic E-state index is 5.44. The third-order valence-electron chi connectivity index (χ3n) is 1.67. The lowest BCUT2D eigenvalue weighted by atomic mass is 10.2. The van der Waals surface area contributed by atoms with E-state index in [-0.39, 0.29) is 12.1 Å². The Labute approximate surface area is 71.5 Å². The van der Waals surface area contributed by atoms with Crippen LogP contribution in [0.3, 0.4) is 0 Å². The molecule has 0 aliphatic carbocycles. The van der Waals surface area contributed by atoms with Crippen LogP contribution in [0.1, 0.15) is 19.8 Å². The van der Waals surface area contributed by atoms with Crippen LogP contribution < -0.4 is 11.5 Å². The molecular weight excluding hydrogens is 156 g/mol. The van der Waals surface area contributed by atoms with Gasteiger partial charge in [-0.05, 0) is 19.8 Å². The van der Waals surface area contributed by atoms with E-state index < -0.39 is 0 Å². The van der Waals surface area contributed by atoms with E-state index in [1.807, 2.05) is 6.92 Å². The van der Waals surface area contributed by atoms with Crippen LogP contribution in [0, 0.1) is 0 Å². The Balaban J connectivity index is 2.32. The van der Waals surface area contributed by atoms with Gasteiger partial charge in [-0.1, -0.05) is 0 Å². The van der Waals surface area contributed by atoms with Gasteiger partial charge < -0.3 is 16.2 Å². The normalized spacial score (nSPS) is 29.4. The lowest BCUT2D eigenvalue weighted by molar-refractivity contribution is 0.0961. The predicted molar refractivity (Wildman–Crippen MR) is 47.9 cm³/mol. The molecule has 1 aliphatic rings. The van der Waals surface area contributed by atoms with Crippen molar-refractivity contribution in [3.63, 3.8) is 0 Å². The van der Waals surface area contributed by atoms with Gasteiger partial charge >= 0.3 is 0 Å². The van der Waals surface area contributed by atoms with Crippen molar-refractivity contribution in [3.8, 4) is 0 Å². The van der Waals surface area contributed by atoms with Gasteiger partial charge in [0.2, 0.25) is 5.96 Å². The van der Waals surface area contributed by atoms with E-state index >= 15 is 0 Å². The molecule has 0 amide bonds. The molecule has 0 radical (unpaired) electrons. The summed E-state index contributed by atoms with van der Waals surface area (Å²) >= 11 is 0. The van der Waals surface area contributed by atoms with Crippen molar-refractivity contribution < 1.29 is 4.74 Å². The molecule has 0 bridgehead atoms. The molecule has 0 spiro atoms. The summed E-state index contributed by atoms with van der Waals surface area (Å²) in [5.41, 5.74) is 10.2. The van der Waals surface area contributed by atoms with Crippen LogP contribution in [-0.2, 0) is 4.74 Å². The maximum atomic E-state index is 5.44. The first-order valence-corrected chi connectivity index (χ1v) is 3.96. The number of rotatable bonds is 2. The van der Waals surface area contributed by atoms with Gasteiger partial charge in [0.15, 0.2) is 0 Å². The monoisotopic (exact) mass is 170 g/mol. The van der Waals surface area contributed by atoms with Crippen molar-refractivity contribution in [3.05, 3.63) is 0 Å². The summed E-state index contributed by atoms with van der Waals surface area (Å²) in [5.74, 6) is -0.0303. The molecule has 1 aliphatic heterocycles. The van der Waals surface area contributed by atoms with Crippen LogP contribution >= 0.6 is 0 Å². The van der Waals surface area contributed by atoms with Crippen molar-refractivity contribution in [1.29, 1.82) is 0 Å². The average molecular weight is 170 g/mol. The molecule has 1 saturated heterocycles. The molecule has 5 nitrogen and oxygen atoms in total. The number of guanidine groups is 1. The lowest BCUT2D eigenvalue weighted by Gasteiger charge is -2.02. The van der Waals surface area contributed by atoms with Gasteiger partial charge in [0.05, 0.1) is 18.4 Å². The average Bonchev–Trinajstić information content (AvgIpc) is 2.35. The zero-order valence-corrected chi connectivity index (χ0v) is 7.10. The molecular formula is C7H14N4O. The van der Waals surface area contributed by atoms with E-state index in [9.17, 15) is 0 Å². The summed E-state index contributed by atoms with van der Waals surface area (Å²) in [5, 5.41) is 7.15. The molecule has 2 unspecified atom stereocenters. The summed E-state index contributed by atoms with van der Waals surface area (Å²) in [6, 6.07) is 0. The number of hydrogen-bond donors (Lipinski definition) is 2. The highest BCUT2D eigenvalue weighted by atomic mass is 16.5. The van der Waals surface area contributed by atoms with Crippen LogP contribution in [0.25, 0.3) is 0 Å². The first kappa shape index (κ1) is 8.99. The Hall–Kier alpha value is -1.10. The summed E-state index contributed by atoms with van der Waals surface area (Å²) in [7, 11) is 0. The Morgan fingerprint density at radius 2 is 2.25 bits per heavy atom. The fourth-order valence-electron chi connectivity index (χ4n) is 1.12. The predicted octanol–water partition coefficient (Wildman–Crippen LogP) is -0.187. The zero-order valence-electron chi connectivity index (χ0n) is 7.10. The van der Waals surface area contributed by atoms with Gasteiger partial charge in [0.25, 0.3) is 0 Å². The molecule has 4 N–H and O–H groups in total. The van der Waals surface area contributed by atoms with Crippen LogP contribution in [0.15, 0.2) is 10.2 Å². The molecule has 0 aromatic carbocycles. The van der Waals surface area contributed by atoms with Crippen LogP contribution in [0.4, 0.5) is 0 Å². The highest BCUT2D eigenvalue weighted by molar-refractivity contribution is 5.76. The largest absolute Gasteiger partial charge is 0.370 e. The van der Waals surface area contributed by atoms with Crippen LogP contribution in [-0.4, -0.2) is 24.4 Å². The second-order valence-corrected chi connectivity index (χ2v) is 2.85. The number of nitrogens with two attached hydrogens (primary N) is 2. The molecule has 2 atom stereocenters. The number of nitrogens with zero attached hydrogens (tertiary/aromatic N) is 2. The van der Waals surface area contributed by atoms with E-state index in [4.69, 9.17) is 16.2 Å². The molecule has 0 aromatic heterocycles. The number of ether oxygens (including phenoxy) is 1. The molecule has 0 saturated carbocycles. The van der Waals surface area contributed by atoms with Gasteiger partial charge in [0.1, 0.15) is 0 Å². The first-order chi connectivity index (χ1) is 5.68. The molecule has 1 fully saturated rings. The fourth-order valence-corrected chi connectivity index (χ4v) is 1.12. The third-order valence-corrected chi connectivity index (χ3v) is 1.67. The zero-order chi connectivity index (χ0) is 8.97. The molecule has 1 rings (SSSR count). The van der Waals surface area contributed by atoms with Gasteiger partial charge in [-0.25, -0.2) is 0 Å². The van der Waals surface area contributed by atoms with Crippen molar-refractivity contribution in [1.82, 2.24) is 0 Å². The Morgan fingerprint density at radius 3 is 2.75 bits per heavy atom. The molecule has 5 heteroatoms. The van der Waals surface area contributed by atoms with E-state index in [1.54, 1.807) is 6.21 Å². The maximum Gasteiger partial charge on any atom is 0.211 e. The second-order valence-electron chi connectivity index (χ2n) is 2.85. The third kappa shape index (κ3) is 2.87. The van der Waals surface area contributed by atoms with E-state index in [0.717, 1.165) is 12.8 Å². The Morgan fingerprint density at radius 1 is 1.50 bits per heavy atom. The van der Waals surface area contributed by atoms with E-state index in [2.05, 4.69) is 10.2 Å². The second kappa shape index (κ2) is 4.06. The summed E-state index contributed by atoms with van der Waals surface area (Å²) in [6.07, 6.45) is 4.08. The SMILES string of the molecule is CC1CCC(/C=N/N=C(N)N)O1. The Bertz CT molecular complexity index is 198. The minimum Gasteiger partial charge on any atom is -0.370 e. The summed E-state index contributed by atoms with van der Waals surface area (Å²) < 4.78 is 5.44. The highest BCUT2D eigenvalue weighted by Crippen LogP contribution is 2.17. The minimum absolute atomic E-state index is 0.0303. The van der Waals surface area contributed by atoms with Crippen molar-refractivity contribution in [2.45, 2.75) is 32.0 Å². The van der Waals surface area contributed by atoms with Gasteiger partial charge in [-0.15, -0.1) is 5.10 Å². The first-order valence-electron chi connectivity index (χ1n) is 3.96. The van der Waals surface area contributed by atoms with E-state index in [1.165, 1.54) is 0 Å². The fraction of sp³-hybridized carbons (Fsp3) is 0.714. The molecule has 0 aromatic rings. The summed E-state index contributed by atoms with van der Waals surface area (Å²) in [4.78, 5) is 0. The standard InChI is InChI=1S/C7H14N4O/c1-5-2-3-6(12-5)4-10-11-7(8)9/h4-6H,2-3H2,1H3,(H4,8,9,11)/b10-4+. The quantitative estimate of drug-likeness (QED) is 0.342. The highest BCUT2D eigenvalue weighted by Gasteiger charge is 2.19. The van der Waals surface area contributed by atoms with Crippen molar-refractivity contribution >= 4 is 12.2 Å². The van der Waals surface area contributed by atoms with Crippen molar-refractivity contribution in [2.24, 2.45) is 21.7 Å². The summed E-state index contributed by atoms with van der Waals surface area (Å²) in [6.45, 7) is 2.04. The number of hydrogen-bond acceptors (Lipinski definition) is 3.